The Balaban J connectivity index is 2.00. The fourth-order valence-electron chi connectivity index (χ4n) is 3.21. The quantitative estimate of drug-likeness (QED) is 0.301. The molecule has 0 aromatic carbocycles. The third-order valence-electron chi connectivity index (χ3n) is 4.91. The predicted molar refractivity (Wildman–Crippen MR) is 106 cm³/mol. The number of hydrogen-bond acceptors (Lipinski definition) is 3. The first-order chi connectivity index (χ1) is 12.0. The van der Waals surface area contributed by atoms with Crippen molar-refractivity contribution in [2.75, 3.05) is 39.8 Å². The Morgan fingerprint density at radius 3 is 2.24 bits per heavy atom. The summed E-state index contributed by atoms with van der Waals surface area (Å²) in [6.45, 7) is 9.59. The number of likely N-dealkylation sites (tertiary alicyclic amines) is 1. The normalized spacial score (nSPS) is 17.0. The molecule has 1 fully saturated rings. The minimum absolute atomic E-state index is 0.0906. The van der Waals surface area contributed by atoms with Crippen molar-refractivity contribution in [1.82, 2.24) is 15.5 Å². The molecule has 4 N–H and O–H groups in total. The summed E-state index contributed by atoms with van der Waals surface area (Å²) in [5.74, 6) is 1.66. The predicted octanol–water partition coefficient (Wildman–Crippen LogP) is 1.96. The van der Waals surface area contributed by atoms with Crippen LogP contribution in [0.15, 0.2) is 4.99 Å². The highest BCUT2D eigenvalue weighted by Crippen LogP contribution is 2.16. The Kier molecular flexibility index (Phi) is 11.3. The Morgan fingerprint density at radius 2 is 1.72 bits per heavy atom. The van der Waals surface area contributed by atoms with E-state index in [1.54, 1.807) is 0 Å². The smallest absolute Gasteiger partial charge is 0.220 e. The van der Waals surface area contributed by atoms with Gasteiger partial charge in [0.25, 0.3) is 0 Å². The van der Waals surface area contributed by atoms with Gasteiger partial charge < -0.3 is 21.3 Å². The molecule has 0 unspecified atom stereocenters. The van der Waals surface area contributed by atoms with Crippen molar-refractivity contribution in [3.63, 3.8) is 0 Å². The van der Waals surface area contributed by atoms with E-state index in [0.29, 0.717) is 0 Å². The summed E-state index contributed by atoms with van der Waals surface area (Å²) in [6, 6.07) is 0. The average molecular weight is 354 g/mol. The number of piperidine rings is 1. The number of primary amides is 1. The van der Waals surface area contributed by atoms with E-state index in [0.717, 1.165) is 63.9 Å². The van der Waals surface area contributed by atoms with Crippen molar-refractivity contribution in [3.8, 4) is 0 Å². The summed E-state index contributed by atoms with van der Waals surface area (Å²) in [4.78, 5) is 17.9. The maximum atomic E-state index is 11.2. The number of hydrogen-bond donors (Lipinski definition) is 3. The Bertz CT molecular complexity index is 389. The summed E-state index contributed by atoms with van der Waals surface area (Å²) >= 11 is 0. The number of nitrogens with one attached hydrogen (secondary N) is 2. The van der Waals surface area contributed by atoms with Gasteiger partial charge in [0.1, 0.15) is 0 Å². The Hall–Kier alpha value is -1.30. The fourth-order valence-corrected chi connectivity index (χ4v) is 3.21. The Labute approximate surface area is 154 Å². The minimum atomic E-state index is -0.132. The second kappa shape index (κ2) is 13.0. The van der Waals surface area contributed by atoms with E-state index in [1.165, 1.54) is 25.7 Å². The molecular formula is C19H39N5O. The molecule has 0 atom stereocenters. The van der Waals surface area contributed by atoms with Crippen LogP contribution >= 0.6 is 0 Å². The molecule has 0 saturated carbocycles. The summed E-state index contributed by atoms with van der Waals surface area (Å²) in [6.07, 6.45) is 7.89. The fraction of sp³-hybridized carbons (Fsp3) is 0.895. The molecule has 0 aliphatic carbocycles. The standard InChI is InChI=1S/C19H39N5O/c1-16(2)8-4-5-11-22-19(21-3)23-12-6-7-13-24-14-9-17(10-15-24)18(20)25/h16-17H,4-15H2,1-3H3,(H2,20,25)(H2,21,22,23). The zero-order chi connectivity index (χ0) is 18.5. The van der Waals surface area contributed by atoms with E-state index in [-0.39, 0.29) is 11.8 Å². The summed E-state index contributed by atoms with van der Waals surface area (Å²) in [5, 5.41) is 6.77. The van der Waals surface area contributed by atoms with Crippen LogP contribution in [0.25, 0.3) is 0 Å². The topological polar surface area (TPSA) is 82.8 Å². The lowest BCUT2D eigenvalue weighted by Crippen LogP contribution is -2.40. The van der Waals surface area contributed by atoms with Crippen molar-refractivity contribution >= 4 is 11.9 Å². The van der Waals surface area contributed by atoms with Gasteiger partial charge in [0, 0.05) is 26.1 Å². The lowest BCUT2D eigenvalue weighted by Gasteiger charge is -2.30. The van der Waals surface area contributed by atoms with Crippen molar-refractivity contribution in [3.05, 3.63) is 0 Å². The van der Waals surface area contributed by atoms with E-state index in [1.807, 2.05) is 7.05 Å². The van der Waals surface area contributed by atoms with E-state index >= 15 is 0 Å². The van der Waals surface area contributed by atoms with Crippen LogP contribution in [0, 0.1) is 11.8 Å². The number of amides is 1. The van der Waals surface area contributed by atoms with Gasteiger partial charge in [-0.2, -0.15) is 0 Å². The number of guanidine groups is 1. The van der Waals surface area contributed by atoms with Gasteiger partial charge in [-0.25, -0.2) is 0 Å². The highest BCUT2D eigenvalue weighted by molar-refractivity contribution is 5.79. The first kappa shape index (κ1) is 21.7. The second-order valence-corrected chi connectivity index (χ2v) is 7.54. The van der Waals surface area contributed by atoms with Gasteiger partial charge >= 0.3 is 0 Å². The molecule has 0 bridgehead atoms. The monoisotopic (exact) mass is 353 g/mol. The van der Waals surface area contributed by atoms with Gasteiger partial charge in [0.2, 0.25) is 5.91 Å². The van der Waals surface area contributed by atoms with Crippen LogP contribution in [0.5, 0.6) is 0 Å². The number of nitrogens with two attached hydrogens (primary N) is 1. The molecule has 1 rings (SSSR count). The maximum absolute atomic E-state index is 11.2. The lowest BCUT2D eigenvalue weighted by molar-refractivity contribution is -0.123. The molecule has 6 nitrogen and oxygen atoms in total. The van der Waals surface area contributed by atoms with E-state index in [4.69, 9.17) is 5.73 Å². The molecular weight excluding hydrogens is 314 g/mol. The summed E-state index contributed by atoms with van der Waals surface area (Å²) in [5.41, 5.74) is 5.38. The first-order valence-electron chi connectivity index (χ1n) is 9.99. The molecule has 1 heterocycles. The van der Waals surface area contributed by atoms with Crippen LogP contribution in [0.4, 0.5) is 0 Å². The molecule has 0 radical (unpaired) electrons. The molecule has 1 saturated heterocycles. The third-order valence-corrected chi connectivity index (χ3v) is 4.91. The van der Waals surface area contributed by atoms with E-state index < -0.39 is 0 Å². The maximum Gasteiger partial charge on any atom is 0.220 e. The van der Waals surface area contributed by atoms with Gasteiger partial charge in [-0.3, -0.25) is 9.79 Å². The molecule has 0 spiro atoms. The lowest BCUT2D eigenvalue weighted by atomic mass is 9.96. The van der Waals surface area contributed by atoms with Crippen LogP contribution in [0.3, 0.4) is 0 Å². The molecule has 25 heavy (non-hydrogen) atoms. The number of aliphatic imine (C=N–C) groups is 1. The number of carbonyl (C=O) groups excluding carboxylic acids is 1. The van der Waals surface area contributed by atoms with Crippen molar-refractivity contribution in [2.24, 2.45) is 22.6 Å². The van der Waals surface area contributed by atoms with Crippen LogP contribution in [-0.2, 0) is 4.79 Å². The zero-order valence-corrected chi connectivity index (χ0v) is 16.5. The SMILES string of the molecule is CN=C(NCCCCC(C)C)NCCCCN1CCC(C(N)=O)CC1. The van der Waals surface area contributed by atoms with Gasteiger partial charge in [-0.05, 0) is 57.7 Å². The molecule has 146 valence electrons. The van der Waals surface area contributed by atoms with Crippen LogP contribution in [0.2, 0.25) is 0 Å². The minimum Gasteiger partial charge on any atom is -0.369 e. The highest BCUT2D eigenvalue weighted by atomic mass is 16.1. The largest absolute Gasteiger partial charge is 0.369 e. The number of nitrogens with zero attached hydrogens (tertiary/aromatic N) is 2. The van der Waals surface area contributed by atoms with Gasteiger partial charge in [0.15, 0.2) is 5.96 Å². The van der Waals surface area contributed by atoms with Crippen molar-refractivity contribution in [2.45, 2.75) is 58.8 Å². The molecule has 1 aliphatic rings. The number of unbranched alkanes of at least 4 members (excludes halogenated alkanes) is 2. The highest BCUT2D eigenvalue weighted by Gasteiger charge is 2.22. The van der Waals surface area contributed by atoms with Crippen molar-refractivity contribution < 1.29 is 4.79 Å². The van der Waals surface area contributed by atoms with Crippen LogP contribution in [0.1, 0.15) is 58.8 Å². The van der Waals surface area contributed by atoms with Crippen LogP contribution < -0.4 is 16.4 Å². The van der Waals surface area contributed by atoms with Crippen LogP contribution in [-0.4, -0.2) is 56.5 Å². The second-order valence-electron chi connectivity index (χ2n) is 7.54. The third kappa shape index (κ3) is 10.3. The average Bonchev–Trinajstić information content (AvgIpc) is 2.59. The van der Waals surface area contributed by atoms with Crippen molar-refractivity contribution in [1.29, 1.82) is 0 Å². The van der Waals surface area contributed by atoms with E-state index in [9.17, 15) is 4.79 Å². The molecule has 1 aliphatic heterocycles. The number of rotatable bonds is 11. The molecule has 0 aromatic heterocycles. The molecule has 6 heteroatoms. The van der Waals surface area contributed by atoms with Gasteiger partial charge in [-0.15, -0.1) is 0 Å². The Morgan fingerprint density at radius 1 is 1.12 bits per heavy atom. The van der Waals surface area contributed by atoms with Gasteiger partial charge in [0.05, 0.1) is 0 Å². The molecule has 0 aromatic rings. The molecule has 1 amide bonds. The first-order valence-corrected chi connectivity index (χ1v) is 9.99. The summed E-state index contributed by atoms with van der Waals surface area (Å²) < 4.78 is 0. The van der Waals surface area contributed by atoms with E-state index in [2.05, 4.69) is 34.4 Å². The summed E-state index contributed by atoms with van der Waals surface area (Å²) in [7, 11) is 1.83. The van der Waals surface area contributed by atoms with Gasteiger partial charge in [-0.1, -0.05) is 26.7 Å². The number of carbonyl (C=O) groups is 1. The zero-order valence-electron chi connectivity index (χ0n) is 16.5.